The summed E-state index contributed by atoms with van der Waals surface area (Å²) in [6.07, 6.45) is 8.35. The largest absolute Gasteiger partial charge is 0.353 e. The number of amides is 2. The van der Waals surface area contributed by atoms with Crippen LogP contribution in [-0.2, 0) is 16.1 Å². The highest BCUT2D eigenvalue weighted by Crippen LogP contribution is 2.48. The average molecular weight is 603 g/mol. The van der Waals surface area contributed by atoms with Crippen LogP contribution in [0.3, 0.4) is 0 Å². The molecular formula is C29H31Cl2N4O2S2+. The Bertz CT molecular complexity index is 1420. The molecule has 1 aliphatic heterocycles. The number of benzene rings is 2. The smallest absolute Gasteiger partial charge is 0.265 e. The maximum absolute atomic E-state index is 11.5. The van der Waals surface area contributed by atoms with E-state index in [1.165, 1.54) is 21.7 Å². The van der Waals surface area contributed by atoms with E-state index in [1.807, 2.05) is 24.3 Å². The number of nitrogens with one attached hydrogen (secondary N) is 2. The van der Waals surface area contributed by atoms with Gasteiger partial charge in [-0.25, -0.2) is 0 Å². The summed E-state index contributed by atoms with van der Waals surface area (Å²) < 4.78 is 3.48. The number of halogens is 2. The number of aromatic nitrogens is 1. The van der Waals surface area contributed by atoms with Crippen LogP contribution in [0.1, 0.15) is 30.7 Å². The molecule has 0 bridgehead atoms. The Kier molecular flexibility index (Phi) is 10.5. The van der Waals surface area contributed by atoms with Gasteiger partial charge in [-0.05, 0) is 61.7 Å². The van der Waals surface area contributed by atoms with Crippen molar-refractivity contribution < 1.29 is 14.2 Å². The van der Waals surface area contributed by atoms with Gasteiger partial charge >= 0.3 is 0 Å². The lowest BCUT2D eigenvalue weighted by Crippen LogP contribution is -2.36. The molecule has 3 aromatic rings. The fourth-order valence-corrected chi connectivity index (χ4v) is 6.91. The molecule has 2 aromatic carbocycles. The predicted molar refractivity (Wildman–Crippen MR) is 165 cm³/mol. The van der Waals surface area contributed by atoms with E-state index in [4.69, 9.17) is 23.2 Å². The number of rotatable bonds is 13. The third-order valence-corrected chi connectivity index (χ3v) is 8.91. The Morgan fingerprint density at radius 3 is 2.31 bits per heavy atom. The Morgan fingerprint density at radius 2 is 1.59 bits per heavy atom. The number of thioether (sulfide) groups is 1. The Morgan fingerprint density at radius 1 is 0.923 bits per heavy atom. The van der Waals surface area contributed by atoms with Crippen LogP contribution in [0.2, 0.25) is 10.0 Å². The van der Waals surface area contributed by atoms with Crippen molar-refractivity contribution in [2.45, 2.75) is 37.1 Å². The third kappa shape index (κ3) is 7.66. The van der Waals surface area contributed by atoms with Crippen molar-refractivity contribution in [3.05, 3.63) is 81.8 Å². The number of carbonyl (C=O) groups is 2. The lowest BCUT2D eigenvalue weighted by molar-refractivity contribution is -0.669. The van der Waals surface area contributed by atoms with Crippen molar-refractivity contribution in [2.24, 2.45) is 0 Å². The number of nitrogens with zero attached hydrogens (tertiary/aromatic N) is 2. The standard InChI is InChI=1S/C29H30Cl2N4O2S2/c1-3-26(36)32-13-5-7-15-34-22-17-20(30)9-11-24(22)38-28(34)19-29-35(16-8-6-14-33-27(37)4-2)23-18-21(31)10-12-25(23)39-29/h3-4,9-12,17-19H,1-2,5-8,13-16H2,(H-,32,33,36,37)/p+1. The van der Waals surface area contributed by atoms with Gasteiger partial charge in [0.2, 0.25) is 17.3 Å². The minimum Gasteiger partial charge on any atom is -0.353 e. The van der Waals surface area contributed by atoms with E-state index in [9.17, 15) is 9.59 Å². The lowest BCUT2D eigenvalue weighted by Gasteiger charge is -2.20. The number of unbranched alkanes of at least 4 members (excludes halogenated alkanes) is 2. The molecule has 0 unspecified atom stereocenters. The fraction of sp³-hybridized carbons (Fsp3) is 0.276. The van der Waals surface area contributed by atoms with Crippen molar-refractivity contribution in [1.82, 2.24) is 10.6 Å². The van der Waals surface area contributed by atoms with Crippen molar-refractivity contribution in [3.8, 4) is 0 Å². The third-order valence-electron chi connectivity index (χ3n) is 6.22. The topological polar surface area (TPSA) is 65.3 Å². The first kappa shape index (κ1) is 29.2. The molecule has 0 atom stereocenters. The molecule has 39 heavy (non-hydrogen) atoms. The second kappa shape index (κ2) is 14.0. The number of fused-ring (bicyclic) bond motifs is 2. The van der Waals surface area contributed by atoms with E-state index in [0.717, 1.165) is 60.0 Å². The maximum Gasteiger partial charge on any atom is 0.265 e. The van der Waals surface area contributed by atoms with E-state index in [0.29, 0.717) is 23.1 Å². The minimum atomic E-state index is -0.151. The Balaban J connectivity index is 1.57. The number of thiazole rings is 1. The van der Waals surface area contributed by atoms with Gasteiger partial charge in [0.05, 0.1) is 16.8 Å². The molecule has 0 saturated carbocycles. The molecule has 0 saturated heterocycles. The summed E-state index contributed by atoms with van der Waals surface area (Å²) in [5.74, 6) is -0.302. The number of hydrogen-bond donors (Lipinski definition) is 2. The molecule has 2 heterocycles. The monoisotopic (exact) mass is 601 g/mol. The van der Waals surface area contributed by atoms with Crippen LogP contribution in [0.5, 0.6) is 0 Å². The highest BCUT2D eigenvalue weighted by molar-refractivity contribution is 8.03. The summed E-state index contributed by atoms with van der Waals surface area (Å²) in [6, 6.07) is 12.0. The summed E-state index contributed by atoms with van der Waals surface area (Å²) in [5, 5.41) is 9.36. The zero-order valence-electron chi connectivity index (χ0n) is 21.6. The summed E-state index contributed by atoms with van der Waals surface area (Å²) in [4.78, 5) is 26.4. The van der Waals surface area contributed by atoms with Crippen molar-refractivity contribution in [3.63, 3.8) is 0 Å². The summed E-state index contributed by atoms with van der Waals surface area (Å²) in [6.45, 7) is 9.82. The first-order valence-corrected chi connectivity index (χ1v) is 15.2. The molecule has 4 rings (SSSR count). The van der Waals surface area contributed by atoms with Gasteiger partial charge in [-0.2, -0.15) is 4.57 Å². The Labute approximate surface area is 247 Å². The minimum absolute atomic E-state index is 0.151. The molecule has 1 aromatic heterocycles. The molecule has 0 aliphatic carbocycles. The number of anilines is 1. The van der Waals surface area contributed by atoms with Crippen molar-refractivity contribution in [1.29, 1.82) is 0 Å². The molecular weight excluding hydrogens is 571 g/mol. The van der Waals surface area contributed by atoms with Gasteiger partial charge in [-0.1, -0.05) is 59.5 Å². The van der Waals surface area contributed by atoms with E-state index in [-0.39, 0.29) is 11.8 Å². The van der Waals surface area contributed by atoms with E-state index < -0.39 is 0 Å². The van der Waals surface area contributed by atoms with E-state index in [2.05, 4.69) is 51.5 Å². The van der Waals surface area contributed by atoms with Gasteiger partial charge in [0.15, 0.2) is 6.54 Å². The van der Waals surface area contributed by atoms with Crippen LogP contribution in [0.25, 0.3) is 16.3 Å². The van der Waals surface area contributed by atoms with Crippen LogP contribution in [0, 0.1) is 0 Å². The van der Waals surface area contributed by atoms with Gasteiger partial charge < -0.3 is 15.5 Å². The normalized spacial score (nSPS) is 13.5. The molecule has 0 fully saturated rings. The zero-order valence-corrected chi connectivity index (χ0v) is 24.7. The second-order valence-electron chi connectivity index (χ2n) is 8.96. The van der Waals surface area contributed by atoms with Crippen LogP contribution in [0.15, 0.2) is 71.6 Å². The highest BCUT2D eigenvalue weighted by atomic mass is 35.5. The average Bonchev–Trinajstić information content (AvgIpc) is 3.44. The second-order valence-corrected chi connectivity index (χ2v) is 12.0. The van der Waals surface area contributed by atoms with Crippen LogP contribution < -0.4 is 20.1 Å². The molecule has 2 N–H and O–H groups in total. The summed E-state index contributed by atoms with van der Waals surface area (Å²) in [7, 11) is 0. The summed E-state index contributed by atoms with van der Waals surface area (Å²) in [5.41, 5.74) is 2.20. The molecule has 0 radical (unpaired) electrons. The fourth-order valence-electron chi connectivity index (χ4n) is 4.29. The molecule has 2 amide bonds. The lowest BCUT2D eigenvalue weighted by atomic mass is 10.2. The number of hydrogen-bond acceptors (Lipinski definition) is 5. The van der Waals surface area contributed by atoms with Crippen LogP contribution >= 0.6 is 46.3 Å². The Hall–Kier alpha value is -2.78. The molecule has 0 spiro atoms. The van der Waals surface area contributed by atoms with Gasteiger partial charge in [-0.3, -0.25) is 9.59 Å². The van der Waals surface area contributed by atoms with E-state index >= 15 is 0 Å². The number of aryl methyl sites for hydroxylation is 1. The SMILES string of the molecule is C=CC(=O)NCCCCN1C(=Cc2sc3ccc(Cl)cc3[n+]2CCCCNC(=O)C=C)Sc2ccc(Cl)cc21. The quantitative estimate of drug-likeness (QED) is 0.132. The van der Waals surface area contributed by atoms with E-state index in [1.54, 1.807) is 23.1 Å². The van der Waals surface area contributed by atoms with Gasteiger partial charge in [0.25, 0.3) is 5.01 Å². The molecule has 6 nitrogen and oxygen atoms in total. The first-order valence-electron chi connectivity index (χ1n) is 12.8. The van der Waals surface area contributed by atoms with Crippen molar-refractivity contribution in [2.75, 3.05) is 24.5 Å². The number of carbonyl (C=O) groups excluding carboxylic acids is 2. The molecule has 204 valence electrons. The molecule has 1 aliphatic rings. The first-order chi connectivity index (χ1) is 18.9. The highest BCUT2D eigenvalue weighted by Gasteiger charge is 2.28. The van der Waals surface area contributed by atoms with Gasteiger partial charge in [0, 0.05) is 47.1 Å². The van der Waals surface area contributed by atoms with Crippen molar-refractivity contribution >= 4 is 80.1 Å². The van der Waals surface area contributed by atoms with Gasteiger partial charge in [-0.15, -0.1) is 0 Å². The van der Waals surface area contributed by atoms with Crippen LogP contribution in [-0.4, -0.2) is 31.4 Å². The summed E-state index contributed by atoms with van der Waals surface area (Å²) >= 11 is 16.2. The van der Waals surface area contributed by atoms with Crippen LogP contribution in [0.4, 0.5) is 5.69 Å². The predicted octanol–water partition coefficient (Wildman–Crippen LogP) is 6.57. The van der Waals surface area contributed by atoms with Gasteiger partial charge in [0.1, 0.15) is 4.70 Å². The molecule has 10 heteroatoms. The zero-order chi connectivity index (χ0) is 27.8. The maximum atomic E-state index is 11.5.